The third kappa shape index (κ3) is 5.21. The summed E-state index contributed by atoms with van der Waals surface area (Å²) in [5.41, 5.74) is 7.23. The van der Waals surface area contributed by atoms with E-state index in [0.29, 0.717) is 13.2 Å². The zero-order valence-corrected chi connectivity index (χ0v) is 14.8. The van der Waals surface area contributed by atoms with Gasteiger partial charge < -0.3 is 20.5 Å². The van der Waals surface area contributed by atoms with Gasteiger partial charge in [0.05, 0.1) is 13.2 Å². The lowest BCUT2D eigenvalue weighted by molar-refractivity contribution is -0.128. The maximum absolute atomic E-state index is 12.4. The first kappa shape index (κ1) is 18.7. The van der Waals surface area contributed by atoms with Crippen LogP contribution in [0.3, 0.4) is 0 Å². The Bertz CT molecular complexity index is 521. The van der Waals surface area contributed by atoms with Crippen LogP contribution in [-0.4, -0.2) is 38.3 Å². The third-order valence-electron chi connectivity index (χ3n) is 4.64. The van der Waals surface area contributed by atoms with Crippen molar-refractivity contribution in [2.24, 2.45) is 11.7 Å². The van der Waals surface area contributed by atoms with Crippen LogP contribution in [0, 0.1) is 5.92 Å². The smallest absolute Gasteiger partial charge is 0.223 e. The molecule has 1 aromatic carbocycles. The fraction of sp³-hybridized carbons (Fsp3) is 0.632. The number of methoxy groups -OCH3 is 1. The molecule has 1 saturated carbocycles. The summed E-state index contributed by atoms with van der Waals surface area (Å²) >= 11 is 0. The van der Waals surface area contributed by atoms with Crippen molar-refractivity contribution < 1.29 is 14.3 Å². The van der Waals surface area contributed by atoms with Crippen molar-refractivity contribution >= 4 is 5.91 Å². The number of amides is 1. The molecule has 5 heteroatoms. The molecule has 134 valence electrons. The van der Waals surface area contributed by atoms with Crippen LogP contribution in [0.2, 0.25) is 0 Å². The number of nitrogens with one attached hydrogen (secondary N) is 1. The number of carbonyl (C=O) groups excluding carboxylic acids is 1. The Hall–Kier alpha value is -1.59. The summed E-state index contributed by atoms with van der Waals surface area (Å²) in [5.74, 6) is 0.981. The van der Waals surface area contributed by atoms with Crippen LogP contribution in [0.4, 0.5) is 0 Å². The molecule has 0 spiro atoms. The predicted molar refractivity (Wildman–Crippen MR) is 95.1 cm³/mol. The third-order valence-corrected chi connectivity index (χ3v) is 4.64. The number of carbonyl (C=O) groups is 1. The van der Waals surface area contributed by atoms with Gasteiger partial charge in [0.25, 0.3) is 0 Å². The molecule has 0 heterocycles. The maximum Gasteiger partial charge on any atom is 0.223 e. The van der Waals surface area contributed by atoms with Crippen molar-refractivity contribution in [1.82, 2.24) is 5.32 Å². The van der Waals surface area contributed by atoms with Crippen molar-refractivity contribution in [3.05, 3.63) is 29.8 Å². The van der Waals surface area contributed by atoms with Crippen LogP contribution in [0.15, 0.2) is 24.3 Å². The van der Waals surface area contributed by atoms with E-state index in [4.69, 9.17) is 15.2 Å². The number of rotatable bonds is 8. The molecule has 0 radical (unpaired) electrons. The molecular weight excluding hydrogens is 304 g/mol. The lowest BCUT2D eigenvalue weighted by Gasteiger charge is -2.33. The van der Waals surface area contributed by atoms with E-state index in [9.17, 15) is 4.79 Å². The summed E-state index contributed by atoms with van der Waals surface area (Å²) in [6.45, 7) is 3.40. The highest BCUT2D eigenvalue weighted by Crippen LogP contribution is 2.26. The zero-order valence-electron chi connectivity index (χ0n) is 14.8. The molecule has 3 atom stereocenters. The first-order valence-electron chi connectivity index (χ1n) is 8.92. The molecule has 0 bridgehead atoms. The molecule has 1 aliphatic carbocycles. The van der Waals surface area contributed by atoms with Gasteiger partial charge in [-0.05, 0) is 43.7 Å². The first-order valence-corrected chi connectivity index (χ1v) is 8.92. The second-order valence-electron chi connectivity index (χ2n) is 6.44. The van der Waals surface area contributed by atoms with E-state index in [1.165, 1.54) is 0 Å². The average Bonchev–Trinajstić information content (AvgIpc) is 2.61. The van der Waals surface area contributed by atoms with Crippen molar-refractivity contribution in [1.29, 1.82) is 0 Å². The average molecular weight is 334 g/mol. The number of hydrogen-bond acceptors (Lipinski definition) is 4. The summed E-state index contributed by atoms with van der Waals surface area (Å²) in [7, 11) is 1.67. The highest BCUT2D eigenvalue weighted by molar-refractivity contribution is 5.78. The molecule has 1 fully saturated rings. The van der Waals surface area contributed by atoms with Crippen molar-refractivity contribution in [2.75, 3.05) is 20.3 Å². The van der Waals surface area contributed by atoms with E-state index in [-0.39, 0.29) is 24.0 Å². The Labute approximate surface area is 144 Å². The fourth-order valence-electron chi connectivity index (χ4n) is 3.23. The second-order valence-corrected chi connectivity index (χ2v) is 6.44. The van der Waals surface area contributed by atoms with Crippen LogP contribution in [0.5, 0.6) is 5.75 Å². The normalized spacial score (nSPS) is 23.7. The van der Waals surface area contributed by atoms with Crippen LogP contribution in [-0.2, 0) is 16.0 Å². The van der Waals surface area contributed by atoms with Crippen LogP contribution < -0.4 is 15.8 Å². The van der Waals surface area contributed by atoms with E-state index in [1.807, 2.05) is 24.3 Å². The molecule has 1 aliphatic rings. The van der Waals surface area contributed by atoms with Gasteiger partial charge in [0.1, 0.15) is 5.75 Å². The van der Waals surface area contributed by atoms with Crippen LogP contribution in [0.1, 0.15) is 38.2 Å². The molecule has 0 saturated heterocycles. The molecule has 3 N–H and O–H groups in total. The van der Waals surface area contributed by atoms with E-state index in [0.717, 1.165) is 43.4 Å². The van der Waals surface area contributed by atoms with Crippen molar-refractivity contribution in [3.8, 4) is 5.75 Å². The number of benzene rings is 1. The Morgan fingerprint density at radius 3 is 2.88 bits per heavy atom. The number of hydrogen-bond donors (Lipinski definition) is 2. The molecule has 5 nitrogen and oxygen atoms in total. The summed E-state index contributed by atoms with van der Waals surface area (Å²) in [4.78, 5) is 12.4. The lowest BCUT2D eigenvalue weighted by atomic mass is 9.83. The predicted octanol–water partition coefficient (Wildman–Crippen LogP) is 2.28. The Kier molecular flexibility index (Phi) is 7.53. The lowest BCUT2D eigenvalue weighted by Crippen LogP contribution is -2.46. The minimum absolute atomic E-state index is 0.00340. The van der Waals surface area contributed by atoms with Gasteiger partial charge in [-0.25, -0.2) is 0 Å². The van der Waals surface area contributed by atoms with Gasteiger partial charge in [0.15, 0.2) is 0 Å². The Balaban J connectivity index is 1.79. The van der Waals surface area contributed by atoms with Gasteiger partial charge in [0, 0.05) is 25.1 Å². The Morgan fingerprint density at radius 1 is 1.33 bits per heavy atom. The molecule has 1 aromatic rings. The van der Waals surface area contributed by atoms with Crippen molar-refractivity contribution in [2.45, 2.75) is 51.2 Å². The molecule has 1 amide bonds. The quantitative estimate of drug-likeness (QED) is 0.765. The number of ether oxygens (including phenoxy) is 2. The molecule has 0 aromatic heterocycles. The van der Waals surface area contributed by atoms with Crippen molar-refractivity contribution in [3.63, 3.8) is 0 Å². The van der Waals surface area contributed by atoms with E-state index in [2.05, 4.69) is 12.2 Å². The maximum atomic E-state index is 12.4. The number of para-hydroxylation sites is 1. The van der Waals surface area contributed by atoms with Gasteiger partial charge in [-0.2, -0.15) is 0 Å². The topological polar surface area (TPSA) is 73.6 Å². The standard InChI is InChI=1S/C19H30N2O3/c1-3-12-24-18-13-15(8-9-16(18)20)19(22)21-11-10-14-6-4-5-7-17(14)23-2/h4-7,15-16,18H,3,8-13,20H2,1-2H3,(H,21,22)/t15-,16+,18+/m0/s1. The summed E-state index contributed by atoms with van der Waals surface area (Å²) in [6, 6.07) is 7.95. The molecule has 24 heavy (non-hydrogen) atoms. The largest absolute Gasteiger partial charge is 0.496 e. The summed E-state index contributed by atoms with van der Waals surface area (Å²) in [5, 5.41) is 3.05. The molecule has 0 aliphatic heterocycles. The van der Waals surface area contributed by atoms with Gasteiger partial charge in [-0.3, -0.25) is 4.79 Å². The molecule has 0 unspecified atom stereocenters. The first-order chi connectivity index (χ1) is 11.7. The van der Waals surface area contributed by atoms with Gasteiger partial charge in [-0.1, -0.05) is 25.1 Å². The minimum atomic E-state index is 0.00340. The van der Waals surface area contributed by atoms with E-state index in [1.54, 1.807) is 7.11 Å². The SMILES string of the molecule is CCCO[C@@H]1C[C@@H](C(=O)NCCc2ccccc2OC)CC[C@H]1N. The summed E-state index contributed by atoms with van der Waals surface area (Å²) < 4.78 is 11.1. The number of nitrogens with two attached hydrogens (primary N) is 1. The van der Waals surface area contributed by atoms with E-state index < -0.39 is 0 Å². The molecular formula is C19H30N2O3. The van der Waals surface area contributed by atoms with Gasteiger partial charge in [0.2, 0.25) is 5.91 Å². The van der Waals surface area contributed by atoms with Gasteiger partial charge >= 0.3 is 0 Å². The fourth-order valence-corrected chi connectivity index (χ4v) is 3.23. The van der Waals surface area contributed by atoms with Gasteiger partial charge in [-0.15, -0.1) is 0 Å². The Morgan fingerprint density at radius 2 is 2.12 bits per heavy atom. The van der Waals surface area contributed by atoms with Crippen LogP contribution >= 0.6 is 0 Å². The minimum Gasteiger partial charge on any atom is -0.496 e. The highest BCUT2D eigenvalue weighted by atomic mass is 16.5. The molecule has 2 rings (SSSR count). The second kappa shape index (κ2) is 9.64. The highest BCUT2D eigenvalue weighted by Gasteiger charge is 2.32. The summed E-state index contributed by atoms with van der Waals surface area (Å²) in [6.07, 6.45) is 4.15. The van der Waals surface area contributed by atoms with E-state index >= 15 is 0 Å². The van der Waals surface area contributed by atoms with Crippen LogP contribution in [0.25, 0.3) is 0 Å². The zero-order chi connectivity index (χ0) is 17.4. The monoisotopic (exact) mass is 334 g/mol.